The summed E-state index contributed by atoms with van der Waals surface area (Å²) in [6, 6.07) is 9.80. The highest BCUT2D eigenvalue weighted by Crippen LogP contribution is 2.20. The number of benzene rings is 1. The minimum atomic E-state index is 0.634. The molecule has 0 aromatic heterocycles. The van der Waals surface area contributed by atoms with Gasteiger partial charge in [0.05, 0.1) is 0 Å². The summed E-state index contributed by atoms with van der Waals surface area (Å²) in [5, 5.41) is 3.70. The van der Waals surface area contributed by atoms with Crippen LogP contribution in [0.1, 0.15) is 78.2 Å². The summed E-state index contributed by atoms with van der Waals surface area (Å²) in [5.41, 5.74) is 2.78. The zero-order valence-corrected chi connectivity index (χ0v) is 14.6. The molecule has 0 bridgehead atoms. The highest BCUT2D eigenvalue weighted by Gasteiger charge is 2.08. The van der Waals surface area contributed by atoms with Crippen LogP contribution in [0.3, 0.4) is 0 Å². The van der Waals surface area contributed by atoms with E-state index in [4.69, 9.17) is 0 Å². The van der Waals surface area contributed by atoms with Gasteiger partial charge in [-0.1, -0.05) is 71.9 Å². The largest absolute Gasteiger partial charge is 0.382 e. The first kappa shape index (κ1) is 18.1. The lowest BCUT2D eigenvalue weighted by Gasteiger charge is -2.19. The van der Waals surface area contributed by atoms with Gasteiger partial charge in [0.25, 0.3) is 0 Å². The summed E-state index contributed by atoms with van der Waals surface area (Å²) in [6.45, 7) is 9.14. The van der Waals surface area contributed by atoms with Crippen LogP contribution < -0.4 is 5.32 Å². The van der Waals surface area contributed by atoms with Crippen molar-refractivity contribution in [3.63, 3.8) is 0 Å². The lowest BCUT2D eigenvalue weighted by molar-refractivity contribution is 0.462. The Bertz CT molecular complexity index is 349. The zero-order valence-electron chi connectivity index (χ0n) is 14.6. The van der Waals surface area contributed by atoms with E-state index in [1.165, 1.54) is 62.6 Å². The minimum Gasteiger partial charge on any atom is -0.382 e. The molecule has 1 heteroatoms. The predicted molar refractivity (Wildman–Crippen MR) is 96.1 cm³/mol. The van der Waals surface area contributed by atoms with E-state index in [1.807, 2.05) is 0 Å². The molecular formula is C20H35N. The Morgan fingerprint density at radius 1 is 0.810 bits per heavy atom. The molecule has 0 fully saturated rings. The summed E-state index contributed by atoms with van der Waals surface area (Å²) < 4.78 is 0. The van der Waals surface area contributed by atoms with Gasteiger partial charge < -0.3 is 5.32 Å². The fraction of sp³-hybridized carbons (Fsp3) is 0.700. The normalized spacial score (nSPS) is 12.6. The summed E-state index contributed by atoms with van der Waals surface area (Å²) in [5.74, 6) is 0.849. The van der Waals surface area contributed by atoms with E-state index in [0.29, 0.717) is 6.04 Å². The van der Waals surface area contributed by atoms with Gasteiger partial charge in [-0.2, -0.15) is 0 Å². The molecule has 0 spiro atoms. The summed E-state index contributed by atoms with van der Waals surface area (Å²) >= 11 is 0. The van der Waals surface area contributed by atoms with Gasteiger partial charge >= 0.3 is 0 Å². The second-order valence-electron chi connectivity index (χ2n) is 6.38. The molecule has 0 amide bonds. The Hall–Kier alpha value is -0.980. The average molecular weight is 290 g/mol. The van der Waals surface area contributed by atoms with Crippen LogP contribution in [-0.4, -0.2) is 6.04 Å². The predicted octanol–water partition coefficient (Wildman–Crippen LogP) is 6.44. The van der Waals surface area contributed by atoms with Gasteiger partial charge in [0.2, 0.25) is 0 Å². The zero-order chi connectivity index (χ0) is 15.5. The van der Waals surface area contributed by atoms with Gasteiger partial charge in [-0.05, 0) is 42.9 Å². The van der Waals surface area contributed by atoms with Crippen molar-refractivity contribution >= 4 is 5.69 Å². The van der Waals surface area contributed by atoms with Gasteiger partial charge in [0.1, 0.15) is 0 Å². The van der Waals surface area contributed by atoms with E-state index in [1.54, 1.807) is 0 Å². The molecule has 1 rings (SSSR count). The molecule has 1 nitrogen and oxygen atoms in total. The molecule has 0 heterocycles. The monoisotopic (exact) mass is 289 g/mol. The first-order valence-corrected chi connectivity index (χ1v) is 9.08. The molecule has 0 saturated heterocycles. The molecule has 0 aliphatic rings. The van der Waals surface area contributed by atoms with Crippen molar-refractivity contribution < 1.29 is 0 Å². The average Bonchev–Trinajstić information content (AvgIpc) is 2.49. The third-order valence-corrected chi connectivity index (χ3v) is 4.40. The van der Waals surface area contributed by atoms with Crippen molar-refractivity contribution in [3.05, 3.63) is 29.8 Å². The first-order chi connectivity index (χ1) is 10.2. The van der Waals surface area contributed by atoms with Crippen molar-refractivity contribution in [2.24, 2.45) is 5.92 Å². The topological polar surface area (TPSA) is 12.0 Å². The Morgan fingerprint density at radius 2 is 1.38 bits per heavy atom. The molecule has 0 radical (unpaired) electrons. The van der Waals surface area contributed by atoms with Crippen LogP contribution in [0.2, 0.25) is 0 Å². The van der Waals surface area contributed by atoms with Gasteiger partial charge in [-0.25, -0.2) is 0 Å². The van der Waals surface area contributed by atoms with Crippen molar-refractivity contribution in [3.8, 4) is 0 Å². The van der Waals surface area contributed by atoms with Crippen molar-refractivity contribution in [2.75, 3.05) is 5.32 Å². The second kappa shape index (κ2) is 10.7. The highest BCUT2D eigenvalue weighted by atomic mass is 14.9. The molecule has 1 aromatic rings. The number of rotatable bonds is 11. The maximum absolute atomic E-state index is 3.70. The lowest BCUT2D eigenvalue weighted by Crippen LogP contribution is -2.18. The Balaban J connectivity index is 2.55. The Morgan fingerprint density at radius 3 is 1.86 bits per heavy atom. The third-order valence-electron chi connectivity index (χ3n) is 4.40. The highest BCUT2D eigenvalue weighted by molar-refractivity contribution is 5.45. The third kappa shape index (κ3) is 7.02. The molecule has 1 aromatic carbocycles. The van der Waals surface area contributed by atoms with E-state index < -0.39 is 0 Å². The minimum absolute atomic E-state index is 0.634. The molecule has 0 saturated carbocycles. The first-order valence-electron chi connectivity index (χ1n) is 9.08. The van der Waals surface area contributed by atoms with Crippen LogP contribution in [0.25, 0.3) is 0 Å². The molecule has 0 aliphatic carbocycles. The van der Waals surface area contributed by atoms with E-state index in [-0.39, 0.29) is 0 Å². The van der Waals surface area contributed by atoms with Crippen LogP contribution in [-0.2, 0) is 6.42 Å². The SMILES string of the molecule is CCCC(CC)Cc1ccc(NC(CCC)CCC)cc1. The summed E-state index contributed by atoms with van der Waals surface area (Å²) in [6.07, 6.45) is 10.2. The van der Waals surface area contributed by atoms with Crippen molar-refractivity contribution in [2.45, 2.75) is 85.1 Å². The molecule has 1 N–H and O–H groups in total. The standard InChI is InChI=1S/C20H35N/c1-5-9-17(8-4)16-18-12-14-20(15-13-18)21-19(10-6-2)11-7-3/h12-15,17,19,21H,5-11,16H2,1-4H3. The van der Waals surface area contributed by atoms with E-state index in [2.05, 4.69) is 57.3 Å². The summed E-state index contributed by atoms with van der Waals surface area (Å²) in [4.78, 5) is 0. The van der Waals surface area contributed by atoms with E-state index >= 15 is 0 Å². The number of hydrogen-bond donors (Lipinski definition) is 1. The number of nitrogens with one attached hydrogen (secondary N) is 1. The van der Waals surface area contributed by atoms with Gasteiger partial charge in [0.15, 0.2) is 0 Å². The number of hydrogen-bond acceptors (Lipinski definition) is 1. The van der Waals surface area contributed by atoms with Crippen LogP contribution in [0.5, 0.6) is 0 Å². The van der Waals surface area contributed by atoms with Crippen molar-refractivity contribution in [1.29, 1.82) is 0 Å². The lowest BCUT2D eigenvalue weighted by atomic mass is 9.93. The van der Waals surface area contributed by atoms with E-state index in [9.17, 15) is 0 Å². The van der Waals surface area contributed by atoms with Gasteiger partial charge in [-0.15, -0.1) is 0 Å². The second-order valence-corrected chi connectivity index (χ2v) is 6.38. The summed E-state index contributed by atoms with van der Waals surface area (Å²) in [7, 11) is 0. The molecule has 1 unspecified atom stereocenters. The van der Waals surface area contributed by atoms with Crippen LogP contribution >= 0.6 is 0 Å². The van der Waals surface area contributed by atoms with Crippen LogP contribution in [0, 0.1) is 5.92 Å². The maximum atomic E-state index is 3.70. The van der Waals surface area contributed by atoms with Gasteiger partial charge in [0, 0.05) is 11.7 Å². The molecule has 21 heavy (non-hydrogen) atoms. The van der Waals surface area contributed by atoms with Crippen LogP contribution in [0.15, 0.2) is 24.3 Å². The maximum Gasteiger partial charge on any atom is 0.0342 e. The quantitative estimate of drug-likeness (QED) is 0.494. The van der Waals surface area contributed by atoms with E-state index in [0.717, 1.165) is 5.92 Å². The fourth-order valence-corrected chi connectivity index (χ4v) is 3.15. The number of anilines is 1. The Kier molecular flexibility index (Phi) is 9.21. The molecule has 0 aliphatic heterocycles. The van der Waals surface area contributed by atoms with Crippen LogP contribution in [0.4, 0.5) is 5.69 Å². The molecule has 1 atom stereocenters. The molecule has 120 valence electrons. The molecular weight excluding hydrogens is 254 g/mol. The smallest absolute Gasteiger partial charge is 0.0342 e. The Labute approximate surface area is 132 Å². The fourth-order valence-electron chi connectivity index (χ4n) is 3.15. The van der Waals surface area contributed by atoms with Gasteiger partial charge in [-0.3, -0.25) is 0 Å². The van der Waals surface area contributed by atoms with Crippen molar-refractivity contribution in [1.82, 2.24) is 0 Å².